The van der Waals surface area contributed by atoms with Gasteiger partial charge in [0.25, 0.3) is 0 Å². The number of nitrogens with zero attached hydrogens (tertiary/aromatic N) is 2. The van der Waals surface area contributed by atoms with E-state index in [4.69, 9.17) is 5.11 Å². The fourth-order valence-corrected chi connectivity index (χ4v) is 2.93. The molecule has 1 aromatic rings. The molecule has 0 bridgehead atoms. The Hall–Kier alpha value is -0.910. The largest absolute Gasteiger partial charge is 0.478 e. The van der Waals surface area contributed by atoms with Crippen LogP contribution in [0.3, 0.4) is 0 Å². The van der Waals surface area contributed by atoms with Crippen LogP contribution in [-0.2, 0) is 6.54 Å². The van der Waals surface area contributed by atoms with Gasteiger partial charge in [-0.25, -0.2) is 4.79 Å². The number of hydrogen-bond donors (Lipinski definition) is 1. The van der Waals surface area contributed by atoms with Gasteiger partial charge in [0.2, 0.25) is 0 Å². The van der Waals surface area contributed by atoms with Gasteiger partial charge in [-0.15, -0.1) is 0 Å². The summed E-state index contributed by atoms with van der Waals surface area (Å²) >= 11 is 3.47. The van der Waals surface area contributed by atoms with Crippen LogP contribution in [0.5, 0.6) is 0 Å². The fourth-order valence-electron chi connectivity index (χ4n) is 2.43. The zero-order chi connectivity index (χ0) is 14.0. The van der Waals surface area contributed by atoms with E-state index >= 15 is 0 Å². The molecule has 104 valence electrons. The van der Waals surface area contributed by atoms with Gasteiger partial charge in [-0.1, -0.05) is 22.0 Å². The Labute approximate surface area is 122 Å². The first-order valence-electron chi connectivity index (χ1n) is 6.38. The van der Waals surface area contributed by atoms with Gasteiger partial charge in [0, 0.05) is 30.1 Å². The summed E-state index contributed by atoms with van der Waals surface area (Å²) in [6, 6.07) is 5.87. The molecule has 0 aromatic heterocycles. The molecule has 1 aliphatic rings. The summed E-state index contributed by atoms with van der Waals surface area (Å²) in [4.78, 5) is 15.6. The molecule has 1 saturated heterocycles. The van der Waals surface area contributed by atoms with Crippen molar-refractivity contribution in [2.75, 3.05) is 27.2 Å². The van der Waals surface area contributed by atoms with E-state index in [2.05, 4.69) is 39.8 Å². The van der Waals surface area contributed by atoms with E-state index in [0.717, 1.165) is 29.7 Å². The van der Waals surface area contributed by atoms with E-state index in [1.54, 1.807) is 12.1 Å². The van der Waals surface area contributed by atoms with Gasteiger partial charge in [0.05, 0.1) is 5.56 Å². The molecular formula is C14H19BrN2O2. The van der Waals surface area contributed by atoms with Crippen LogP contribution in [0.4, 0.5) is 0 Å². The van der Waals surface area contributed by atoms with Crippen LogP contribution < -0.4 is 0 Å². The van der Waals surface area contributed by atoms with Crippen molar-refractivity contribution in [3.05, 3.63) is 33.8 Å². The zero-order valence-corrected chi connectivity index (χ0v) is 12.9. The smallest absolute Gasteiger partial charge is 0.335 e. The van der Waals surface area contributed by atoms with Crippen LogP contribution in [0.25, 0.3) is 0 Å². The first kappa shape index (κ1) is 14.5. The Morgan fingerprint density at radius 1 is 1.53 bits per heavy atom. The number of carboxylic acid groups (broad SMARTS) is 1. The highest BCUT2D eigenvalue weighted by Crippen LogP contribution is 2.23. The Bertz CT molecular complexity index is 477. The third-order valence-corrected chi connectivity index (χ3v) is 4.41. The van der Waals surface area contributed by atoms with Crippen LogP contribution in [-0.4, -0.2) is 54.1 Å². The number of rotatable bonds is 4. The van der Waals surface area contributed by atoms with E-state index in [0.29, 0.717) is 11.6 Å². The maximum Gasteiger partial charge on any atom is 0.335 e. The summed E-state index contributed by atoms with van der Waals surface area (Å²) < 4.78 is 0.876. The van der Waals surface area contributed by atoms with Crippen molar-refractivity contribution in [3.8, 4) is 0 Å². The molecule has 1 N–H and O–H groups in total. The van der Waals surface area contributed by atoms with E-state index in [1.807, 2.05) is 6.07 Å². The summed E-state index contributed by atoms with van der Waals surface area (Å²) in [5.74, 6) is -0.888. The number of benzene rings is 1. The molecule has 1 aromatic carbocycles. The van der Waals surface area contributed by atoms with Crippen molar-refractivity contribution in [3.63, 3.8) is 0 Å². The van der Waals surface area contributed by atoms with Gasteiger partial charge in [-0.05, 0) is 38.2 Å². The van der Waals surface area contributed by atoms with Crippen molar-refractivity contribution in [1.82, 2.24) is 9.80 Å². The maximum absolute atomic E-state index is 10.9. The van der Waals surface area contributed by atoms with E-state index in [1.165, 1.54) is 6.42 Å². The van der Waals surface area contributed by atoms with E-state index in [-0.39, 0.29) is 0 Å². The highest BCUT2D eigenvalue weighted by Gasteiger charge is 2.24. The molecule has 2 rings (SSSR count). The molecule has 1 atom stereocenters. The van der Waals surface area contributed by atoms with Crippen molar-refractivity contribution < 1.29 is 9.90 Å². The summed E-state index contributed by atoms with van der Waals surface area (Å²) in [5, 5.41) is 8.94. The standard InChI is InChI=1S/C14H19BrN2O2/c1-16(2)12-5-6-17(9-12)8-11-4-3-10(14(18)19)7-13(11)15/h3-4,7,12H,5-6,8-9H2,1-2H3,(H,18,19). The lowest BCUT2D eigenvalue weighted by molar-refractivity contribution is 0.0697. The average Bonchev–Trinajstić information content (AvgIpc) is 2.80. The molecule has 19 heavy (non-hydrogen) atoms. The minimum atomic E-state index is -0.888. The second-order valence-electron chi connectivity index (χ2n) is 5.25. The number of hydrogen-bond acceptors (Lipinski definition) is 3. The summed E-state index contributed by atoms with van der Waals surface area (Å²) in [7, 11) is 4.23. The Morgan fingerprint density at radius 2 is 2.26 bits per heavy atom. The number of likely N-dealkylation sites (tertiary alicyclic amines) is 1. The first-order valence-corrected chi connectivity index (χ1v) is 7.17. The Morgan fingerprint density at radius 3 is 2.79 bits per heavy atom. The van der Waals surface area contributed by atoms with Crippen molar-refractivity contribution in [2.24, 2.45) is 0 Å². The minimum Gasteiger partial charge on any atom is -0.478 e. The number of carbonyl (C=O) groups is 1. The molecule has 1 aliphatic heterocycles. The van der Waals surface area contributed by atoms with Gasteiger partial charge < -0.3 is 10.0 Å². The Kier molecular flexibility index (Phi) is 4.60. The molecule has 0 aliphatic carbocycles. The van der Waals surface area contributed by atoms with Gasteiger partial charge in [-0.2, -0.15) is 0 Å². The maximum atomic E-state index is 10.9. The van der Waals surface area contributed by atoms with Gasteiger partial charge in [0.15, 0.2) is 0 Å². The van der Waals surface area contributed by atoms with Gasteiger partial charge >= 0.3 is 5.97 Å². The molecule has 1 fully saturated rings. The van der Waals surface area contributed by atoms with Crippen LogP contribution >= 0.6 is 15.9 Å². The predicted molar refractivity (Wildman–Crippen MR) is 78.5 cm³/mol. The lowest BCUT2D eigenvalue weighted by Crippen LogP contribution is -2.31. The number of carboxylic acids is 1. The molecule has 0 amide bonds. The van der Waals surface area contributed by atoms with Crippen LogP contribution in [0.15, 0.2) is 22.7 Å². The SMILES string of the molecule is CN(C)C1CCN(Cc2ccc(C(=O)O)cc2Br)C1. The molecule has 0 saturated carbocycles. The summed E-state index contributed by atoms with van der Waals surface area (Å²) in [6.45, 7) is 3.03. The number of halogens is 1. The lowest BCUT2D eigenvalue weighted by atomic mass is 10.1. The van der Waals surface area contributed by atoms with Gasteiger partial charge in [-0.3, -0.25) is 4.90 Å². The molecular weight excluding hydrogens is 308 g/mol. The predicted octanol–water partition coefficient (Wildman–Crippen LogP) is 2.28. The number of aromatic carboxylic acids is 1. The second-order valence-corrected chi connectivity index (χ2v) is 6.11. The topological polar surface area (TPSA) is 43.8 Å². The number of likely N-dealkylation sites (N-methyl/N-ethyl adjacent to an activating group) is 1. The fraction of sp³-hybridized carbons (Fsp3) is 0.500. The Balaban J connectivity index is 2.02. The van der Waals surface area contributed by atoms with Crippen molar-refractivity contribution in [2.45, 2.75) is 19.0 Å². The summed E-state index contributed by atoms with van der Waals surface area (Å²) in [6.07, 6.45) is 1.19. The molecule has 1 heterocycles. The molecule has 0 spiro atoms. The van der Waals surface area contributed by atoms with Crippen molar-refractivity contribution >= 4 is 21.9 Å². The quantitative estimate of drug-likeness (QED) is 0.921. The van der Waals surface area contributed by atoms with Gasteiger partial charge in [0.1, 0.15) is 0 Å². The molecule has 0 radical (unpaired) electrons. The highest BCUT2D eigenvalue weighted by atomic mass is 79.9. The lowest BCUT2D eigenvalue weighted by Gasteiger charge is -2.20. The normalized spacial score (nSPS) is 20.1. The molecule has 1 unspecified atom stereocenters. The van der Waals surface area contributed by atoms with Crippen molar-refractivity contribution in [1.29, 1.82) is 0 Å². The second kappa shape index (κ2) is 6.03. The zero-order valence-electron chi connectivity index (χ0n) is 11.3. The summed E-state index contributed by atoms with van der Waals surface area (Å²) in [5.41, 5.74) is 1.47. The van der Waals surface area contributed by atoms with Crippen LogP contribution in [0.2, 0.25) is 0 Å². The third kappa shape index (κ3) is 3.55. The highest BCUT2D eigenvalue weighted by molar-refractivity contribution is 9.10. The van der Waals surface area contributed by atoms with Crippen LogP contribution in [0.1, 0.15) is 22.3 Å². The van der Waals surface area contributed by atoms with E-state index < -0.39 is 5.97 Å². The molecule has 5 heteroatoms. The average molecular weight is 327 g/mol. The minimum absolute atomic E-state index is 0.322. The third-order valence-electron chi connectivity index (χ3n) is 3.67. The first-order chi connectivity index (χ1) is 8.97. The van der Waals surface area contributed by atoms with E-state index in [9.17, 15) is 4.79 Å². The monoisotopic (exact) mass is 326 g/mol. The molecule has 4 nitrogen and oxygen atoms in total. The van der Waals surface area contributed by atoms with Crippen LogP contribution in [0, 0.1) is 0 Å².